The molecule has 7 heteroatoms. The van der Waals surface area contributed by atoms with Crippen LogP contribution in [0.4, 0.5) is 4.79 Å². The van der Waals surface area contributed by atoms with Crippen LogP contribution in [-0.4, -0.2) is 32.9 Å². The molecule has 1 N–H and O–H groups in total. The summed E-state index contributed by atoms with van der Waals surface area (Å²) in [6.07, 6.45) is 0. The van der Waals surface area contributed by atoms with Gasteiger partial charge in [-0.3, -0.25) is 0 Å². The molecule has 0 aliphatic rings. The minimum atomic E-state index is -0.298. The maximum atomic E-state index is 10.9. The summed E-state index contributed by atoms with van der Waals surface area (Å²) in [4.78, 5) is 10.9. The van der Waals surface area contributed by atoms with E-state index >= 15 is 0 Å². The van der Waals surface area contributed by atoms with Gasteiger partial charge in [-0.05, 0) is 12.8 Å². The number of rotatable bonds is 3. The third kappa shape index (κ3) is 4.28. The molecule has 0 unspecified atom stereocenters. The molecule has 0 aromatic heterocycles. The first-order chi connectivity index (χ1) is 5.13. The van der Waals surface area contributed by atoms with E-state index in [9.17, 15) is 4.79 Å². The Balaban J connectivity index is 3.80. The zero-order valence-corrected chi connectivity index (χ0v) is 9.94. The number of nitrogens with zero attached hydrogens (tertiary/aromatic N) is 2. The minimum Gasteiger partial charge on any atom is -0.339 e. The van der Waals surface area contributed by atoms with Gasteiger partial charge < -0.3 is 5.32 Å². The monoisotopic (exact) mass is 307 g/mol. The van der Waals surface area contributed by atoms with Gasteiger partial charge in [0.2, 0.25) is 0 Å². The molecule has 0 heterocycles. The second-order valence-electron chi connectivity index (χ2n) is 1.63. The van der Waals surface area contributed by atoms with E-state index < -0.39 is 0 Å². The van der Waals surface area contributed by atoms with E-state index in [-0.39, 0.29) is 6.03 Å². The molecule has 0 bridgehead atoms. The lowest BCUT2D eigenvalue weighted by molar-refractivity contribution is 0.186. The molecular weight excluding hydrogens is 297 g/mol. The molecule has 66 valence electrons. The highest BCUT2D eigenvalue weighted by atomic mass is 127. The number of carbonyl (C=O) groups is 1. The molecule has 0 saturated carbocycles. The fourth-order valence-electron chi connectivity index (χ4n) is 0.375. The number of urea groups is 1. The van der Waals surface area contributed by atoms with E-state index in [0.717, 1.165) is 8.84 Å². The quantitative estimate of drug-likeness (QED) is 0.314. The van der Waals surface area contributed by atoms with Crippen molar-refractivity contribution < 1.29 is 4.79 Å². The second kappa shape index (κ2) is 6.21. The normalized spacial score (nSPS) is 9.91. The van der Waals surface area contributed by atoms with E-state index in [1.54, 1.807) is 0 Å². The van der Waals surface area contributed by atoms with E-state index in [1.165, 1.54) is 11.5 Å². The molecule has 0 aromatic carbocycles. The first-order valence-electron chi connectivity index (χ1n) is 2.86. The zero-order chi connectivity index (χ0) is 8.85. The predicted molar refractivity (Wildman–Crippen MR) is 59.9 cm³/mol. The van der Waals surface area contributed by atoms with Crippen LogP contribution in [0.1, 0.15) is 0 Å². The van der Waals surface area contributed by atoms with Crippen LogP contribution in [0.2, 0.25) is 0 Å². The highest BCUT2D eigenvalue weighted by Gasteiger charge is 2.12. The van der Waals surface area contributed by atoms with Crippen LogP contribution in [0.25, 0.3) is 0 Å². The first kappa shape index (κ1) is 11.7. The first-order valence-corrected chi connectivity index (χ1v) is 5.19. The average Bonchev–Trinajstić information content (AvgIpc) is 2.02. The highest BCUT2D eigenvalue weighted by molar-refractivity contribution is 14.1. The van der Waals surface area contributed by atoms with Crippen molar-refractivity contribution in [3.8, 4) is 0 Å². The van der Waals surface area contributed by atoms with Crippen LogP contribution in [0.3, 0.4) is 0 Å². The van der Waals surface area contributed by atoms with Crippen LogP contribution in [0.15, 0.2) is 0 Å². The molecule has 0 aliphatic carbocycles. The summed E-state index contributed by atoms with van der Waals surface area (Å²) in [5.41, 5.74) is 0. The molecule has 0 aromatic rings. The summed E-state index contributed by atoms with van der Waals surface area (Å²) >= 11 is 10.1. The Labute approximate surface area is 90.9 Å². The molecule has 0 rings (SSSR count). The molecule has 4 nitrogen and oxygen atoms in total. The lowest BCUT2D eigenvalue weighted by atomic mass is 10.8. The molecule has 0 spiro atoms. The van der Waals surface area contributed by atoms with Crippen LogP contribution < -0.4 is 5.32 Å². The molecule has 0 saturated heterocycles. The summed E-state index contributed by atoms with van der Waals surface area (Å²) in [5.74, 6) is 0. The van der Waals surface area contributed by atoms with Crippen molar-refractivity contribution in [1.82, 2.24) is 14.1 Å². The number of hydrazine groups is 1. The van der Waals surface area contributed by atoms with Gasteiger partial charge in [-0.2, -0.15) is 8.83 Å². The van der Waals surface area contributed by atoms with Gasteiger partial charge in [0.05, 0.1) is 0 Å². The predicted octanol–water partition coefficient (Wildman–Crippen LogP) is 0.969. The molecule has 0 aliphatic heterocycles. The van der Waals surface area contributed by atoms with Crippen molar-refractivity contribution in [3.05, 3.63) is 0 Å². The van der Waals surface area contributed by atoms with Gasteiger partial charge in [-0.15, -0.1) is 0 Å². The maximum absolute atomic E-state index is 10.9. The number of amides is 2. The molecular formula is C4H10IN3OS2. The Morgan fingerprint density at radius 1 is 1.64 bits per heavy atom. The smallest absolute Gasteiger partial charge is 0.339 e. The van der Waals surface area contributed by atoms with Crippen molar-refractivity contribution in [2.24, 2.45) is 0 Å². The number of nitrogens with one attached hydrogen (secondary N) is 1. The largest absolute Gasteiger partial charge is 0.342 e. The minimum absolute atomic E-state index is 0.298. The third-order valence-electron chi connectivity index (χ3n) is 0.899. The van der Waals surface area contributed by atoms with Gasteiger partial charge in [-0.25, -0.2) is 4.79 Å². The van der Waals surface area contributed by atoms with E-state index in [0.29, 0.717) is 6.54 Å². The van der Waals surface area contributed by atoms with E-state index in [4.69, 9.17) is 0 Å². The van der Waals surface area contributed by atoms with Gasteiger partial charge in [0.15, 0.2) is 0 Å². The Kier molecular flexibility index (Phi) is 6.58. The highest BCUT2D eigenvalue weighted by Crippen LogP contribution is 2.05. The number of alkyl halides is 1. The lowest BCUT2D eigenvalue weighted by Crippen LogP contribution is -2.40. The van der Waals surface area contributed by atoms with Crippen molar-refractivity contribution in [3.63, 3.8) is 0 Å². The van der Waals surface area contributed by atoms with Crippen LogP contribution in [-0.2, 0) is 0 Å². The number of thiol groups is 2. The summed E-state index contributed by atoms with van der Waals surface area (Å²) in [7, 11) is 1.54. The lowest BCUT2D eigenvalue weighted by Gasteiger charge is -2.23. The third-order valence-corrected chi connectivity index (χ3v) is 2.30. The Morgan fingerprint density at radius 2 is 2.18 bits per heavy atom. The average molecular weight is 307 g/mol. The van der Waals surface area contributed by atoms with Crippen molar-refractivity contribution in [2.75, 3.05) is 18.0 Å². The van der Waals surface area contributed by atoms with Crippen molar-refractivity contribution in [2.45, 2.75) is 0 Å². The van der Waals surface area contributed by atoms with Crippen LogP contribution in [0, 0.1) is 0 Å². The standard InChI is InChI=1S/C4H10IN3OS2/c1-6-4(9)8(11)7(10)3-2-5/h10-11H,2-3H2,1H3,(H,6,9). The van der Waals surface area contributed by atoms with Gasteiger partial charge in [0, 0.05) is 18.0 Å². The number of halogens is 1. The fourth-order valence-corrected chi connectivity index (χ4v) is 1.58. The Bertz CT molecular complexity index is 137. The summed E-state index contributed by atoms with van der Waals surface area (Å²) in [6.45, 7) is 0.667. The summed E-state index contributed by atoms with van der Waals surface area (Å²) < 4.78 is 3.42. The number of hydrogen-bond acceptors (Lipinski definition) is 4. The topological polar surface area (TPSA) is 35.6 Å². The molecule has 0 radical (unpaired) electrons. The van der Waals surface area contributed by atoms with Crippen molar-refractivity contribution in [1.29, 1.82) is 0 Å². The molecule has 0 atom stereocenters. The molecule has 0 fully saturated rings. The summed E-state index contributed by atoms with van der Waals surface area (Å²) in [5, 5.41) is 2.42. The molecule has 11 heavy (non-hydrogen) atoms. The fraction of sp³-hybridized carbons (Fsp3) is 0.750. The van der Waals surface area contributed by atoms with Crippen molar-refractivity contribution >= 4 is 54.3 Å². The number of carbonyl (C=O) groups excluding carboxylic acids is 1. The number of hydrogen-bond donors (Lipinski definition) is 3. The van der Waals surface area contributed by atoms with Crippen LogP contribution >= 0.6 is 48.2 Å². The SMILES string of the molecule is CNC(=O)N(S)N(S)CCI. The van der Waals surface area contributed by atoms with E-state index in [1.807, 2.05) is 0 Å². The van der Waals surface area contributed by atoms with Gasteiger partial charge in [0.1, 0.15) is 0 Å². The second-order valence-corrected chi connectivity index (χ2v) is 3.55. The maximum Gasteiger partial charge on any atom is 0.342 e. The van der Waals surface area contributed by atoms with Gasteiger partial charge in [-0.1, -0.05) is 35.4 Å². The molecule has 2 amide bonds. The Hall–Kier alpha value is 0.660. The zero-order valence-electron chi connectivity index (χ0n) is 5.99. The van der Waals surface area contributed by atoms with Gasteiger partial charge in [0.25, 0.3) is 0 Å². The Morgan fingerprint density at radius 3 is 2.55 bits per heavy atom. The van der Waals surface area contributed by atoms with Crippen LogP contribution in [0.5, 0.6) is 0 Å². The van der Waals surface area contributed by atoms with Gasteiger partial charge >= 0.3 is 6.03 Å². The van der Waals surface area contributed by atoms with E-state index in [2.05, 4.69) is 53.5 Å². The summed E-state index contributed by atoms with van der Waals surface area (Å²) in [6, 6.07) is -0.298.